The first-order valence-corrected chi connectivity index (χ1v) is 8.88. The molecule has 2 aliphatic rings. The largest absolute Gasteiger partial charge is 0.381 e. The highest BCUT2D eigenvalue weighted by Crippen LogP contribution is 2.42. The van der Waals surface area contributed by atoms with Crippen molar-refractivity contribution < 1.29 is 9.53 Å². The van der Waals surface area contributed by atoms with E-state index in [9.17, 15) is 4.79 Å². The van der Waals surface area contributed by atoms with Crippen LogP contribution in [0.2, 0.25) is 0 Å². The van der Waals surface area contributed by atoms with E-state index in [0.717, 1.165) is 10.6 Å². The van der Waals surface area contributed by atoms with Crippen molar-refractivity contribution >= 4 is 22.4 Å². The third-order valence-corrected chi connectivity index (χ3v) is 5.70. The Balaban J connectivity index is 1.59. The zero-order valence-electron chi connectivity index (χ0n) is 12.8. The van der Waals surface area contributed by atoms with Gasteiger partial charge in [-0.2, -0.15) is 0 Å². The minimum absolute atomic E-state index is 0.00509. The van der Waals surface area contributed by atoms with E-state index in [0.29, 0.717) is 37.1 Å². The average Bonchev–Trinajstić information content (AvgIpc) is 3.36. The Hall–Kier alpha value is -1.79. The van der Waals surface area contributed by atoms with Crippen LogP contribution in [0.5, 0.6) is 0 Å². The lowest BCUT2D eigenvalue weighted by Gasteiger charge is -2.35. The number of carbonyl (C=O) groups excluding carboxylic acids is 1. The summed E-state index contributed by atoms with van der Waals surface area (Å²) in [5.41, 5.74) is 0.512. The molecule has 2 aromatic rings. The summed E-state index contributed by atoms with van der Waals surface area (Å²) in [5.74, 6) is 0.565. The molecule has 1 N–H and O–H groups in total. The Morgan fingerprint density at radius 3 is 2.61 bits per heavy atom. The van der Waals surface area contributed by atoms with Gasteiger partial charge in [0.2, 0.25) is 11.0 Å². The molecule has 1 aliphatic carbocycles. The molecule has 4 rings (SSSR count). The third kappa shape index (κ3) is 2.88. The minimum Gasteiger partial charge on any atom is -0.381 e. The molecule has 1 amide bonds. The van der Waals surface area contributed by atoms with Gasteiger partial charge in [-0.25, -0.2) is 0 Å². The van der Waals surface area contributed by atoms with Crippen molar-refractivity contribution in [2.24, 2.45) is 0 Å². The second-order valence-corrected chi connectivity index (χ2v) is 7.24. The van der Waals surface area contributed by atoms with Crippen LogP contribution >= 0.6 is 11.3 Å². The second-order valence-electron chi connectivity index (χ2n) is 6.23. The first kappa shape index (κ1) is 14.8. The maximum Gasteiger partial charge on any atom is 0.237 e. The molecular weight excluding hydrogens is 310 g/mol. The van der Waals surface area contributed by atoms with Gasteiger partial charge in [-0.1, -0.05) is 41.7 Å². The first-order valence-electron chi connectivity index (χ1n) is 8.06. The standard InChI is InChI=1S/C17H19N3O2S/c21-15(18-16-20-19-14(23-16)12-6-7-12)17(8-10-22-11-9-17)13-4-2-1-3-5-13/h1-5,12H,6-11H2,(H,18,20,21). The summed E-state index contributed by atoms with van der Waals surface area (Å²) in [6.45, 7) is 1.21. The highest BCUT2D eigenvalue weighted by molar-refractivity contribution is 7.15. The minimum atomic E-state index is -0.537. The molecule has 0 atom stereocenters. The Morgan fingerprint density at radius 2 is 1.91 bits per heavy atom. The Kier molecular flexibility index (Phi) is 3.87. The fourth-order valence-electron chi connectivity index (χ4n) is 3.12. The number of aromatic nitrogens is 2. The van der Waals surface area contributed by atoms with Gasteiger partial charge in [-0.15, -0.1) is 10.2 Å². The number of rotatable bonds is 4. The van der Waals surface area contributed by atoms with Crippen molar-refractivity contribution in [2.45, 2.75) is 37.0 Å². The van der Waals surface area contributed by atoms with Crippen molar-refractivity contribution in [1.82, 2.24) is 10.2 Å². The van der Waals surface area contributed by atoms with E-state index in [1.807, 2.05) is 30.3 Å². The molecule has 6 heteroatoms. The van der Waals surface area contributed by atoms with Gasteiger partial charge >= 0.3 is 0 Å². The molecule has 0 unspecified atom stereocenters. The molecule has 1 aromatic heterocycles. The fraction of sp³-hybridized carbons (Fsp3) is 0.471. The van der Waals surface area contributed by atoms with Gasteiger partial charge in [0.1, 0.15) is 5.01 Å². The summed E-state index contributed by atoms with van der Waals surface area (Å²) >= 11 is 1.50. The lowest BCUT2D eigenvalue weighted by molar-refractivity contribution is -0.125. The van der Waals surface area contributed by atoms with Crippen molar-refractivity contribution in [2.75, 3.05) is 18.5 Å². The molecule has 23 heavy (non-hydrogen) atoms. The SMILES string of the molecule is O=C(Nc1nnc(C2CC2)s1)C1(c2ccccc2)CCOCC1. The third-order valence-electron chi connectivity index (χ3n) is 4.70. The number of benzene rings is 1. The Labute approximate surface area is 139 Å². The molecule has 2 heterocycles. The quantitative estimate of drug-likeness (QED) is 0.936. The lowest BCUT2D eigenvalue weighted by Crippen LogP contribution is -2.44. The van der Waals surface area contributed by atoms with Crippen LogP contribution in [0.4, 0.5) is 5.13 Å². The molecule has 5 nitrogen and oxygen atoms in total. The molecule has 0 bridgehead atoms. The van der Waals surface area contributed by atoms with E-state index in [1.165, 1.54) is 24.2 Å². The average molecular weight is 329 g/mol. The molecular formula is C17H19N3O2S. The van der Waals surface area contributed by atoms with Crippen molar-refractivity contribution in [3.05, 3.63) is 40.9 Å². The van der Waals surface area contributed by atoms with Crippen molar-refractivity contribution in [3.63, 3.8) is 0 Å². The van der Waals surface area contributed by atoms with Crippen molar-refractivity contribution in [1.29, 1.82) is 0 Å². The van der Waals surface area contributed by atoms with Gasteiger partial charge in [-0.3, -0.25) is 10.1 Å². The maximum atomic E-state index is 13.1. The molecule has 1 saturated heterocycles. The van der Waals surface area contributed by atoms with Gasteiger partial charge in [0.15, 0.2) is 0 Å². The highest BCUT2D eigenvalue weighted by atomic mass is 32.1. The van der Waals surface area contributed by atoms with Gasteiger partial charge in [-0.05, 0) is 31.2 Å². The van der Waals surface area contributed by atoms with Crippen LogP contribution in [0, 0.1) is 0 Å². The molecule has 2 fully saturated rings. The Bertz CT molecular complexity index is 691. The number of hydrogen-bond acceptors (Lipinski definition) is 5. The normalized spacial score (nSPS) is 20.2. The van der Waals surface area contributed by atoms with Crippen LogP contribution in [0.25, 0.3) is 0 Å². The van der Waals surface area contributed by atoms with Crippen molar-refractivity contribution in [3.8, 4) is 0 Å². The van der Waals surface area contributed by atoms with Crippen LogP contribution in [0.3, 0.4) is 0 Å². The predicted octanol–water partition coefficient (Wildman–Crippen LogP) is 3.10. The van der Waals surface area contributed by atoms with E-state index in [4.69, 9.17) is 4.74 Å². The maximum absolute atomic E-state index is 13.1. The predicted molar refractivity (Wildman–Crippen MR) is 88.7 cm³/mol. The second kappa shape index (κ2) is 6.02. The number of ether oxygens (including phenoxy) is 1. The zero-order valence-corrected chi connectivity index (χ0v) is 13.6. The number of anilines is 1. The molecule has 1 aliphatic heterocycles. The van der Waals surface area contributed by atoms with Crippen LogP contribution in [-0.4, -0.2) is 29.3 Å². The number of nitrogens with zero attached hydrogens (tertiary/aromatic N) is 2. The monoisotopic (exact) mass is 329 g/mol. The van der Waals surface area contributed by atoms with Crippen LogP contribution in [-0.2, 0) is 14.9 Å². The van der Waals surface area contributed by atoms with E-state index < -0.39 is 5.41 Å². The number of nitrogens with one attached hydrogen (secondary N) is 1. The van der Waals surface area contributed by atoms with Gasteiger partial charge in [0, 0.05) is 19.1 Å². The van der Waals surface area contributed by atoms with Crippen LogP contribution in [0.1, 0.15) is 42.2 Å². The fourth-order valence-corrected chi connectivity index (χ4v) is 4.03. The van der Waals surface area contributed by atoms with Crippen LogP contribution < -0.4 is 5.32 Å². The van der Waals surface area contributed by atoms with Gasteiger partial charge < -0.3 is 4.74 Å². The van der Waals surface area contributed by atoms with Gasteiger partial charge in [0.25, 0.3) is 0 Å². The summed E-state index contributed by atoms with van der Waals surface area (Å²) in [6, 6.07) is 9.99. The van der Waals surface area contributed by atoms with E-state index in [-0.39, 0.29) is 5.91 Å². The smallest absolute Gasteiger partial charge is 0.237 e. The summed E-state index contributed by atoms with van der Waals surface area (Å²) in [7, 11) is 0. The van der Waals surface area contributed by atoms with Gasteiger partial charge in [0.05, 0.1) is 5.41 Å². The molecule has 1 aromatic carbocycles. The first-order chi connectivity index (χ1) is 11.3. The number of hydrogen-bond donors (Lipinski definition) is 1. The Morgan fingerprint density at radius 1 is 1.17 bits per heavy atom. The molecule has 0 radical (unpaired) electrons. The van der Waals surface area contributed by atoms with Crippen LogP contribution in [0.15, 0.2) is 30.3 Å². The zero-order chi connectivity index (χ0) is 15.7. The van der Waals surface area contributed by atoms with E-state index in [1.54, 1.807) is 0 Å². The van der Waals surface area contributed by atoms with E-state index in [2.05, 4.69) is 15.5 Å². The molecule has 1 saturated carbocycles. The lowest BCUT2D eigenvalue weighted by atomic mass is 9.73. The summed E-state index contributed by atoms with van der Waals surface area (Å²) in [4.78, 5) is 13.1. The number of amides is 1. The molecule has 120 valence electrons. The molecule has 0 spiro atoms. The van der Waals surface area contributed by atoms with E-state index >= 15 is 0 Å². The summed E-state index contributed by atoms with van der Waals surface area (Å²) in [5, 5.41) is 13.0. The summed E-state index contributed by atoms with van der Waals surface area (Å²) in [6.07, 6.45) is 3.76. The highest BCUT2D eigenvalue weighted by Gasteiger charge is 2.42. The topological polar surface area (TPSA) is 64.1 Å². The summed E-state index contributed by atoms with van der Waals surface area (Å²) < 4.78 is 5.49. The number of carbonyl (C=O) groups is 1.